The van der Waals surface area contributed by atoms with E-state index in [4.69, 9.17) is 0 Å². The van der Waals surface area contributed by atoms with Crippen molar-refractivity contribution >= 4 is 22.6 Å². The lowest BCUT2D eigenvalue weighted by Gasteiger charge is -2.31. The van der Waals surface area contributed by atoms with Gasteiger partial charge in [0.1, 0.15) is 5.69 Å². The number of para-hydroxylation sites is 1. The van der Waals surface area contributed by atoms with Gasteiger partial charge in [-0.2, -0.15) is 4.98 Å². The second-order valence-electron chi connectivity index (χ2n) is 6.75. The number of rotatable bonds is 3. The van der Waals surface area contributed by atoms with Crippen molar-refractivity contribution in [2.24, 2.45) is 13.0 Å². The number of nitrogens with one attached hydrogen (secondary N) is 1. The predicted molar refractivity (Wildman–Crippen MR) is 98.5 cm³/mol. The number of nitrogens with zero attached hydrogens (tertiary/aromatic N) is 4. The summed E-state index contributed by atoms with van der Waals surface area (Å²) in [6, 6.07) is 7.07. The Balaban J connectivity index is 1.62. The van der Waals surface area contributed by atoms with Crippen LogP contribution in [-0.2, 0) is 7.05 Å². The predicted octanol–water partition coefficient (Wildman–Crippen LogP) is 1.39. The van der Waals surface area contributed by atoms with Crippen LogP contribution in [0.3, 0.4) is 0 Å². The van der Waals surface area contributed by atoms with Crippen molar-refractivity contribution in [1.29, 1.82) is 0 Å². The molecule has 1 atom stereocenters. The summed E-state index contributed by atoms with van der Waals surface area (Å²) in [5.74, 6) is -0.301. The Morgan fingerprint density at radius 1 is 1.26 bits per heavy atom. The smallest absolute Gasteiger partial charge is 0.337 e. The highest BCUT2D eigenvalue weighted by Crippen LogP contribution is 2.23. The number of hydrogen-bond acceptors (Lipinski definition) is 5. The van der Waals surface area contributed by atoms with E-state index in [9.17, 15) is 14.4 Å². The van der Waals surface area contributed by atoms with Gasteiger partial charge in [-0.3, -0.25) is 9.59 Å². The zero-order valence-electron chi connectivity index (χ0n) is 14.9. The molecule has 4 rings (SSSR count). The van der Waals surface area contributed by atoms with Gasteiger partial charge < -0.3 is 14.5 Å². The van der Waals surface area contributed by atoms with Crippen molar-refractivity contribution in [3.05, 3.63) is 58.7 Å². The molecule has 27 heavy (non-hydrogen) atoms. The number of Topliss-reactive ketones (excluding diaryl/α,β-unsaturated/α-hetero) is 1. The van der Waals surface area contributed by atoms with Crippen molar-refractivity contribution in [2.75, 3.05) is 13.1 Å². The van der Waals surface area contributed by atoms with Gasteiger partial charge in [-0.1, -0.05) is 18.2 Å². The third-order valence-electron chi connectivity index (χ3n) is 4.96. The second kappa shape index (κ2) is 6.79. The van der Waals surface area contributed by atoms with Crippen LogP contribution in [-0.4, -0.2) is 49.2 Å². The van der Waals surface area contributed by atoms with E-state index in [1.807, 2.05) is 0 Å². The molecule has 0 saturated carbocycles. The summed E-state index contributed by atoms with van der Waals surface area (Å²) in [5.41, 5.74) is 0.132. The molecule has 1 aromatic carbocycles. The molecule has 0 spiro atoms. The lowest BCUT2D eigenvalue weighted by atomic mass is 9.93. The molecule has 0 radical (unpaired) electrons. The zero-order chi connectivity index (χ0) is 19.0. The number of H-pyrrole nitrogens is 1. The maximum atomic E-state index is 13.1. The molecule has 1 fully saturated rings. The normalized spacial score (nSPS) is 17.2. The summed E-state index contributed by atoms with van der Waals surface area (Å²) in [6.07, 6.45) is 4.74. The molecule has 3 heterocycles. The number of ketones is 1. The van der Waals surface area contributed by atoms with Crippen LogP contribution in [0, 0.1) is 5.92 Å². The number of aromatic amines is 1. The Morgan fingerprint density at radius 2 is 2.07 bits per heavy atom. The minimum absolute atomic E-state index is 0.0660. The van der Waals surface area contributed by atoms with Crippen molar-refractivity contribution in [2.45, 2.75) is 12.8 Å². The van der Waals surface area contributed by atoms with Gasteiger partial charge in [0.15, 0.2) is 5.82 Å². The fraction of sp³-hybridized carbons (Fsp3) is 0.316. The second-order valence-corrected chi connectivity index (χ2v) is 6.75. The third-order valence-corrected chi connectivity index (χ3v) is 4.96. The number of fused-ring (bicyclic) bond motifs is 1. The fourth-order valence-electron chi connectivity index (χ4n) is 3.58. The number of carbonyl (C=O) groups excluding carboxylic acids is 2. The van der Waals surface area contributed by atoms with Crippen LogP contribution in [0.15, 0.2) is 41.5 Å². The molecule has 0 bridgehead atoms. The molecular weight excluding hydrogens is 346 g/mol. The highest BCUT2D eigenvalue weighted by Gasteiger charge is 2.32. The van der Waals surface area contributed by atoms with Crippen LogP contribution in [0.4, 0.5) is 0 Å². The number of hydrogen-bond donors (Lipinski definition) is 1. The van der Waals surface area contributed by atoms with E-state index in [-0.39, 0.29) is 23.3 Å². The average Bonchev–Trinajstić information content (AvgIpc) is 3.12. The molecule has 1 N–H and O–H groups in total. The summed E-state index contributed by atoms with van der Waals surface area (Å²) in [7, 11) is 1.78. The van der Waals surface area contributed by atoms with Gasteiger partial charge in [-0.05, 0) is 18.9 Å². The molecule has 1 aliphatic heterocycles. The highest BCUT2D eigenvalue weighted by atomic mass is 16.2. The van der Waals surface area contributed by atoms with E-state index in [1.165, 1.54) is 0 Å². The summed E-state index contributed by atoms with van der Waals surface area (Å²) in [5, 5.41) is 0.597. The van der Waals surface area contributed by atoms with Crippen LogP contribution < -0.4 is 5.69 Å². The molecule has 1 aliphatic rings. The summed E-state index contributed by atoms with van der Waals surface area (Å²) >= 11 is 0. The van der Waals surface area contributed by atoms with E-state index in [1.54, 1.807) is 53.2 Å². The average molecular weight is 365 g/mol. The Kier molecular flexibility index (Phi) is 4.31. The van der Waals surface area contributed by atoms with Crippen molar-refractivity contribution in [3.63, 3.8) is 0 Å². The first-order valence-electron chi connectivity index (χ1n) is 8.84. The lowest BCUT2D eigenvalue weighted by Crippen LogP contribution is -2.43. The highest BCUT2D eigenvalue weighted by molar-refractivity contribution is 6.04. The number of aromatic nitrogens is 4. The molecule has 2 aromatic heterocycles. The van der Waals surface area contributed by atoms with E-state index in [2.05, 4.69) is 15.0 Å². The van der Waals surface area contributed by atoms with Crippen LogP contribution in [0.5, 0.6) is 0 Å². The first-order valence-corrected chi connectivity index (χ1v) is 8.84. The van der Waals surface area contributed by atoms with Crippen molar-refractivity contribution in [1.82, 2.24) is 24.4 Å². The number of aryl methyl sites for hydroxylation is 1. The van der Waals surface area contributed by atoms with Gasteiger partial charge >= 0.3 is 5.69 Å². The van der Waals surface area contributed by atoms with Gasteiger partial charge in [-0.15, -0.1) is 0 Å². The Morgan fingerprint density at radius 3 is 2.85 bits per heavy atom. The third kappa shape index (κ3) is 3.14. The van der Waals surface area contributed by atoms with Gasteiger partial charge in [0.25, 0.3) is 5.91 Å². The number of benzene rings is 1. The minimum atomic E-state index is -0.560. The van der Waals surface area contributed by atoms with Crippen LogP contribution in [0.25, 0.3) is 10.9 Å². The molecule has 0 unspecified atom stereocenters. The van der Waals surface area contributed by atoms with Gasteiger partial charge in [-0.25, -0.2) is 9.78 Å². The molecule has 0 aliphatic carbocycles. The zero-order valence-corrected chi connectivity index (χ0v) is 14.9. The largest absolute Gasteiger partial charge is 0.346 e. The number of piperidine rings is 1. The molecular formula is C19H19N5O3. The molecule has 8 heteroatoms. The maximum Gasteiger partial charge on any atom is 0.346 e. The maximum absolute atomic E-state index is 13.1. The summed E-state index contributed by atoms with van der Waals surface area (Å²) in [6.45, 7) is 0.833. The molecule has 138 valence electrons. The van der Waals surface area contributed by atoms with E-state index in [0.717, 1.165) is 0 Å². The quantitative estimate of drug-likeness (QED) is 0.707. The van der Waals surface area contributed by atoms with Crippen LogP contribution in [0.1, 0.15) is 33.9 Å². The lowest BCUT2D eigenvalue weighted by molar-refractivity contribution is 0.0629. The number of carbonyl (C=O) groups is 2. The van der Waals surface area contributed by atoms with Crippen molar-refractivity contribution < 1.29 is 9.59 Å². The number of likely N-dealkylation sites (tertiary alicyclic amines) is 1. The van der Waals surface area contributed by atoms with Gasteiger partial charge in [0.2, 0.25) is 5.78 Å². The van der Waals surface area contributed by atoms with E-state index >= 15 is 0 Å². The Bertz CT molecular complexity index is 1080. The van der Waals surface area contributed by atoms with Gasteiger partial charge in [0.05, 0.1) is 5.52 Å². The monoisotopic (exact) mass is 365 g/mol. The topological polar surface area (TPSA) is 101 Å². The number of amides is 1. The molecule has 1 saturated heterocycles. The number of imidazole rings is 1. The van der Waals surface area contributed by atoms with Gasteiger partial charge in [0, 0.05) is 43.8 Å². The first-order chi connectivity index (χ1) is 13.0. The Labute approximate surface area is 154 Å². The summed E-state index contributed by atoms with van der Waals surface area (Å²) in [4.78, 5) is 50.0. The fourth-order valence-corrected chi connectivity index (χ4v) is 3.58. The SMILES string of the molecule is Cn1ccnc1C(=O)[C@@H]1CCCN(C(=O)c2nc(=O)[nH]c3ccccc23)C1. The first kappa shape index (κ1) is 17.1. The van der Waals surface area contributed by atoms with Crippen molar-refractivity contribution in [3.8, 4) is 0 Å². The van der Waals surface area contributed by atoms with E-state index in [0.29, 0.717) is 42.7 Å². The van der Waals surface area contributed by atoms with Crippen LogP contribution in [0.2, 0.25) is 0 Å². The van der Waals surface area contributed by atoms with Crippen LogP contribution >= 0.6 is 0 Å². The Hall–Kier alpha value is -3.29. The molecule has 3 aromatic rings. The minimum Gasteiger partial charge on any atom is -0.337 e. The molecule has 1 amide bonds. The standard InChI is InChI=1S/C19H19N5O3/c1-23-10-8-20-17(23)16(25)12-5-4-9-24(11-12)18(26)15-13-6-2-3-7-14(13)21-19(27)22-15/h2-3,6-8,10,12H,4-5,9,11H2,1H3,(H,21,22,27)/t12-/m1/s1. The molecule has 8 nitrogen and oxygen atoms in total. The summed E-state index contributed by atoms with van der Waals surface area (Å²) < 4.78 is 1.69. The van der Waals surface area contributed by atoms with E-state index < -0.39 is 5.69 Å².